The van der Waals surface area contributed by atoms with Crippen molar-refractivity contribution < 1.29 is 4.79 Å². The minimum absolute atomic E-state index is 0.0140. The number of amides is 1. The molecule has 86 valence electrons. The van der Waals surface area contributed by atoms with Crippen molar-refractivity contribution in [3.05, 3.63) is 29.3 Å². The highest BCUT2D eigenvalue weighted by atomic mass is 16.2. The largest absolute Gasteiger partial charge is 0.311 e. The van der Waals surface area contributed by atoms with Crippen LogP contribution >= 0.6 is 0 Å². The monoisotopic (exact) mass is 218 g/mol. The van der Waals surface area contributed by atoms with Gasteiger partial charge in [0.2, 0.25) is 5.91 Å². The van der Waals surface area contributed by atoms with Gasteiger partial charge in [-0.05, 0) is 44.5 Å². The van der Waals surface area contributed by atoms with E-state index in [0.717, 1.165) is 24.2 Å². The van der Waals surface area contributed by atoms with Gasteiger partial charge in [-0.1, -0.05) is 12.1 Å². The molecule has 1 unspecified atom stereocenters. The van der Waals surface area contributed by atoms with E-state index in [1.807, 2.05) is 11.9 Å². The highest BCUT2D eigenvalue weighted by Crippen LogP contribution is 2.26. The second-order valence-electron chi connectivity index (χ2n) is 4.41. The van der Waals surface area contributed by atoms with Gasteiger partial charge in [0.25, 0.3) is 0 Å². The molecule has 1 amide bonds. The summed E-state index contributed by atoms with van der Waals surface area (Å²) in [5, 5.41) is 3.06. The Kier molecular flexibility index (Phi) is 2.97. The predicted octanol–water partition coefficient (Wildman–Crippen LogP) is 1.63. The summed E-state index contributed by atoms with van der Waals surface area (Å²) in [6.45, 7) is 4.92. The van der Waals surface area contributed by atoms with Crippen molar-refractivity contribution >= 4 is 11.6 Å². The van der Waals surface area contributed by atoms with Crippen molar-refractivity contribution in [3.63, 3.8) is 0 Å². The molecule has 0 saturated carbocycles. The Hall–Kier alpha value is -1.35. The van der Waals surface area contributed by atoms with Gasteiger partial charge >= 0.3 is 0 Å². The minimum atomic E-state index is -0.0140. The summed E-state index contributed by atoms with van der Waals surface area (Å²) in [6, 6.07) is 6.23. The summed E-state index contributed by atoms with van der Waals surface area (Å²) in [5.41, 5.74) is 3.42. The molecule has 1 aliphatic heterocycles. The fourth-order valence-electron chi connectivity index (χ4n) is 2.20. The summed E-state index contributed by atoms with van der Waals surface area (Å²) < 4.78 is 0. The summed E-state index contributed by atoms with van der Waals surface area (Å²) in [6.07, 6.45) is 0.892. The quantitative estimate of drug-likeness (QED) is 0.818. The average Bonchev–Trinajstić information content (AvgIpc) is 2.63. The Balaban J connectivity index is 2.32. The number of benzene rings is 1. The Morgan fingerprint density at radius 3 is 2.75 bits per heavy atom. The standard InChI is InChI=1S/C13H18N2O/c1-9-4-5-10(2)12(8-9)15-7-6-11(14-3)13(15)16/h4-5,8,11,14H,6-7H2,1-3H3. The van der Waals surface area contributed by atoms with Crippen molar-refractivity contribution in [2.45, 2.75) is 26.3 Å². The van der Waals surface area contributed by atoms with Gasteiger partial charge in [0.15, 0.2) is 0 Å². The highest BCUT2D eigenvalue weighted by Gasteiger charge is 2.31. The van der Waals surface area contributed by atoms with Crippen molar-refractivity contribution in [1.82, 2.24) is 5.32 Å². The van der Waals surface area contributed by atoms with Crippen LogP contribution in [0.25, 0.3) is 0 Å². The Morgan fingerprint density at radius 2 is 2.12 bits per heavy atom. The molecule has 3 nitrogen and oxygen atoms in total. The lowest BCUT2D eigenvalue weighted by Crippen LogP contribution is -2.36. The third-order valence-corrected chi connectivity index (χ3v) is 3.21. The van der Waals surface area contributed by atoms with E-state index < -0.39 is 0 Å². The van der Waals surface area contributed by atoms with Crippen molar-refractivity contribution in [3.8, 4) is 0 Å². The lowest BCUT2D eigenvalue weighted by Gasteiger charge is -2.19. The van der Waals surface area contributed by atoms with E-state index in [2.05, 4.69) is 37.4 Å². The number of nitrogens with one attached hydrogen (secondary N) is 1. The molecule has 3 heteroatoms. The van der Waals surface area contributed by atoms with Gasteiger partial charge in [0, 0.05) is 12.2 Å². The lowest BCUT2D eigenvalue weighted by molar-refractivity contribution is -0.118. The first-order valence-corrected chi connectivity index (χ1v) is 5.69. The molecule has 2 rings (SSSR count). The van der Waals surface area contributed by atoms with Crippen LogP contribution in [-0.2, 0) is 4.79 Å². The molecular formula is C13H18N2O. The summed E-state index contributed by atoms with van der Waals surface area (Å²) in [5.74, 6) is 0.191. The van der Waals surface area contributed by atoms with Gasteiger partial charge in [-0.15, -0.1) is 0 Å². The number of carbonyl (C=O) groups excluding carboxylic acids is 1. The van der Waals surface area contributed by atoms with E-state index in [1.165, 1.54) is 5.56 Å². The molecule has 16 heavy (non-hydrogen) atoms. The molecule has 1 aromatic rings. The molecule has 1 heterocycles. The smallest absolute Gasteiger partial charge is 0.244 e. The van der Waals surface area contributed by atoms with Gasteiger partial charge < -0.3 is 10.2 Å². The van der Waals surface area contributed by atoms with Crippen molar-refractivity contribution in [2.24, 2.45) is 0 Å². The van der Waals surface area contributed by atoms with Crippen LogP contribution in [0.1, 0.15) is 17.5 Å². The minimum Gasteiger partial charge on any atom is -0.311 e. The maximum Gasteiger partial charge on any atom is 0.244 e. The van der Waals surface area contributed by atoms with Crippen LogP contribution in [0.5, 0.6) is 0 Å². The molecule has 1 fully saturated rings. The number of anilines is 1. The molecule has 1 saturated heterocycles. The number of hydrogen-bond donors (Lipinski definition) is 1. The van der Waals surface area contributed by atoms with E-state index in [0.29, 0.717) is 0 Å². The molecule has 1 atom stereocenters. The molecule has 0 aliphatic carbocycles. The first kappa shape index (κ1) is 11.1. The molecular weight excluding hydrogens is 200 g/mol. The van der Waals surface area contributed by atoms with Gasteiger partial charge in [-0.25, -0.2) is 0 Å². The van der Waals surface area contributed by atoms with E-state index >= 15 is 0 Å². The second-order valence-corrected chi connectivity index (χ2v) is 4.41. The maximum absolute atomic E-state index is 12.1. The number of nitrogens with zero attached hydrogens (tertiary/aromatic N) is 1. The number of hydrogen-bond acceptors (Lipinski definition) is 2. The molecule has 0 spiro atoms. The average molecular weight is 218 g/mol. The lowest BCUT2D eigenvalue weighted by atomic mass is 10.1. The van der Waals surface area contributed by atoms with Gasteiger partial charge in [-0.3, -0.25) is 4.79 Å². The molecule has 1 aliphatic rings. The zero-order valence-electron chi connectivity index (χ0n) is 10.1. The van der Waals surface area contributed by atoms with Crippen LogP contribution in [0.4, 0.5) is 5.69 Å². The third kappa shape index (κ3) is 1.83. The highest BCUT2D eigenvalue weighted by molar-refractivity contribution is 6.00. The van der Waals surface area contributed by atoms with Crippen LogP contribution in [0.3, 0.4) is 0 Å². The van der Waals surface area contributed by atoms with Gasteiger partial charge in [0.05, 0.1) is 6.04 Å². The molecule has 0 radical (unpaired) electrons. The van der Waals surface area contributed by atoms with Gasteiger partial charge in [-0.2, -0.15) is 0 Å². The topological polar surface area (TPSA) is 32.3 Å². The Morgan fingerprint density at radius 1 is 1.38 bits per heavy atom. The zero-order chi connectivity index (χ0) is 11.7. The normalized spacial score (nSPS) is 20.6. The molecule has 1 aromatic carbocycles. The van der Waals surface area contributed by atoms with Crippen LogP contribution in [0.15, 0.2) is 18.2 Å². The van der Waals surface area contributed by atoms with E-state index in [1.54, 1.807) is 0 Å². The summed E-state index contributed by atoms with van der Waals surface area (Å²) in [4.78, 5) is 14.0. The number of aryl methyl sites for hydroxylation is 2. The summed E-state index contributed by atoms with van der Waals surface area (Å²) >= 11 is 0. The number of likely N-dealkylation sites (N-methyl/N-ethyl adjacent to an activating group) is 1. The van der Waals surface area contributed by atoms with Crippen LogP contribution in [0.2, 0.25) is 0 Å². The molecule has 0 aromatic heterocycles. The third-order valence-electron chi connectivity index (χ3n) is 3.21. The molecule has 0 bridgehead atoms. The van der Waals surface area contributed by atoms with E-state index in [9.17, 15) is 4.79 Å². The SMILES string of the molecule is CNC1CCN(c2cc(C)ccc2C)C1=O. The van der Waals surface area contributed by atoms with Crippen LogP contribution in [-0.4, -0.2) is 25.5 Å². The first-order valence-electron chi connectivity index (χ1n) is 5.69. The van der Waals surface area contributed by atoms with Crippen molar-refractivity contribution in [1.29, 1.82) is 0 Å². The number of carbonyl (C=O) groups is 1. The zero-order valence-corrected chi connectivity index (χ0v) is 10.1. The summed E-state index contributed by atoms with van der Waals surface area (Å²) in [7, 11) is 1.84. The second kappa shape index (κ2) is 4.26. The van der Waals surface area contributed by atoms with Crippen LogP contribution < -0.4 is 10.2 Å². The van der Waals surface area contributed by atoms with Crippen LogP contribution in [0, 0.1) is 13.8 Å². The Bertz CT molecular complexity index is 414. The first-order chi connectivity index (χ1) is 7.63. The Labute approximate surface area is 96.5 Å². The van der Waals surface area contributed by atoms with E-state index in [-0.39, 0.29) is 11.9 Å². The van der Waals surface area contributed by atoms with Crippen molar-refractivity contribution in [2.75, 3.05) is 18.5 Å². The fraction of sp³-hybridized carbons (Fsp3) is 0.462. The fourth-order valence-corrected chi connectivity index (χ4v) is 2.20. The maximum atomic E-state index is 12.1. The van der Waals surface area contributed by atoms with Gasteiger partial charge in [0.1, 0.15) is 0 Å². The predicted molar refractivity (Wildman–Crippen MR) is 65.7 cm³/mol. The number of rotatable bonds is 2. The van der Waals surface area contributed by atoms with E-state index in [4.69, 9.17) is 0 Å². The molecule has 1 N–H and O–H groups in total.